The summed E-state index contributed by atoms with van der Waals surface area (Å²) in [5.74, 6) is 0. The van der Waals surface area contributed by atoms with Crippen molar-refractivity contribution in [3.05, 3.63) is 48.0 Å². The molecule has 124 valence electrons. The van der Waals surface area contributed by atoms with Gasteiger partial charge in [-0.2, -0.15) is 0 Å². The number of aliphatic hydroxyl groups is 2. The molecule has 2 rings (SSSR count). The van der Waals surface area contributed by atoms with Gasteiger partial charge in [-0.1, -0.05) is 0 Å². The third-order valence-electron chi connectivity index (χ3n) is 3.62. The molecule has 0 aromatic heterocycles. The lowest BCUT2D eigenvalue weighted by Gasteiger charge is -2.23. The van der Waals surface area contributed by atoms with E-state index >= 15 is 0 Å². The highest BCUT2D eigenvalue weighted by molar-refractivity contribution is 5.58. The summed E-state index contributed by atoms with van der Waals surface area (Å²) in [6.07, 6.45) is 0. The van der Waals surface area contributed by atoms with E-state index in [0.29, 0.717) is 31.0 Å². The first-order chi connectivity index (χ1) is 11.1. The summed E-state index contributed by atoms with van der Waals surface area (Å²) >= 11 is 0. The van der Waals surface area contributed by atoms with Crippen molar-refractivity contribution in [1.82, 2.24) is 0 Å². The van der Waals surface area contributed by atoms with Crippen LogP contribution in [-0.4, -0.2) is 36.5 Å². The number of aliphatic hydroxyl groups excluding tert-OH is 2. The van der Waals surface area contributed by atoms with Crippen molar-refractivity contribution in [3.63, 3.8) is 0 Å². The zero-order valence-electron chi connectivity index (χ0n) is 13.1. The largest absolute Gasteiger partial charge is 0.399 e. The summed E-state index contributed by atoms with van der Waals surface area (Å²) in [4.78, 5) is 1.93. The predicted molar refractivity (Wildman–Crippen MR) is 95.4 cm³/mol. The molecule has 6 heteroatoms. The Morgan fingerprint density at radius 3 is 2.17 bits per heavy atom. The molecule has 2 aromatic carbocycles. The molecule has 0 radical (unpaired) electrons. The van der Waals surface area contributed by atoms with Gasteiger partial charge in [0.1, 0.15) is 0 Å². The minimum atomic E-state index is 0.0503. The Kier molecular flexibility index (Phi) is 6.08. The molecule has 0 aliphatic rings. The number of benzene rings is 2. The van der Waals surface area contributed by atoms with Crippen LogP contribution in [0.25, 0.3) is 0 Å². The number of nitrogens with one attached hydrogen (secondary N) is 1. The number of nitrogens with two attached hydrogens (primary N) is 2. The van der Waals surface area contributed by atoms with Gasteiger partial charge in [0, 0.05) is 42.4 Å². The van der Waals surface area contributed by atoms with E-state index in [0.717, 1.165) is 16.9 Å². The average molecular weight is 316 g/mol. The van der Waals surface area contributed by atoms with E-state index in [-0.39, 0.29) is 13.2 Å². The van der Waals surface area contributed by atoms with Crippen LogP contribution in [0, 0.1) is 0 Å². The number of hydrogen-bond acceptors (Lipinski definition) is 6. The Balaban J connectivity index is 2.00. The van der Waals surface area contributed by atoms with Gasteiger partial charge in [-0.15, -0.1) is 0 Å². The molecule has 6 nitrogen and oxygen atoms in total. The van der Waals surface area contributed by atoms with Crippen LogP contribution >= 0.6 is 0 Å². The van der Waals surface area contributed by atoms with Gasteiger partial charge in [0.15, 0.2) is 0 Å². The highest BCUT2D eigenvalue weighted by atomic mass is 16.3. The zero-order chi connectivity index (χ0) is 16.7. The third-order valence-corrected chi connectivity index (χ3v) is 3.62. The van der Waals surface area contributed by atoms with Gasteiger partial charge < -0.3 is 31.9 Å². The number of hydrogen-bond donors (Lipinski definition) is 5. The molecule has 0 unspecified atom stereocenters. The van der Waals surface area contributed by atoms with Crippen LogP contribution in [0.3, 0.4) is 0 Å². The van der Waals surface area contributed by atoms with Gasteiger partial charge >= 0.3 is 0 Å². The van der Waals surface area contributed by atoms with Crippen molar-refractivity contribution in [2.24, 2.45) is 0 Å². The molecule has 0 amide bonds. The molecular formula is C17H24N4O2. The summed E-state index contributed by atoms with van der Waals surface area (Å²) in [5, 5.41) is 21.5. The van der Waals surface area contributed by atoms with Crippen LogP contribution < -0.4 is 21.7 Å². The molecular weight excluding hydrogens is 292 g/mol. The first kappa shape index (κ1) is 16.9. The van der Waals surface area contributed by atoms with Crippen LogP contribution in [-0.2, 0) is 6.54 Å². The molecule has 0 saturated carbocycles. The van der Waals surface area contributed by atoms with Crippen molar-refractivity contribution in [2.45, 2.75) is 6.54 Å². The van der Waals surface area contributed by atoms with Crippen molar-refractivity contribution in [3.8, 4) is 0 Å². The molecule has 0 bridgehead atoms. The minimum Gasteiger partial charge on any atom is -0.399 e. The maximum atomic E-state index is 9.08. The second-order valence-electron chi connectivity index (χ2n) is 5.29. The highest BCUT2D eigenvalue weighted by Gasteiger charge is 2.05. The van der Waals surface area contributed by atoms with Gasteiger partial charge in [0.25, 0.3) is 0 Å². The number of nitrogen functional groups attached to an aromatic ring is 2. The average Bonchev–Trinajstić information content (AvgIpc) is 2.56. The van der Waals surface area contributed by atoms with Gasteiger partial charge in [0.2, 0.25) is 0 Å². The SMILES string of the molecule is Nc1ccc(N)c(CNc2ccc(N(CCO)CCO)cc2)c1. The fraction of sp³-hybridized carbons (Fsp3) is 0.294. The summed E-state index contributed by atoms with van der Waals surface area (Å²) in [7, 11) is 0. The lowest BCUT2D eigenvalue weighted by molar-refractivity contribution is 0.281. The Morgan fingerprint density at radius 2 is 1.57 bits per heavy atom. The maximum absolute atomic E-state index is 9.08. The van der Waals surface area contributed by atoms with Gasteiger partial charge in [0.05, 0.1) is 13.2 Å². The first-order valence-corrected chi connectivity index (χ1v) is 7.58. The minimum absolute atomic E-state index is 0.0503. The third kappa shape index (κ3) is 4.77. The predicted octanol–water partition coefficient (Wildman–Crippen LogP) is 1.25. The topological polar surface area (TPSA) is 108 Å². The zero-order valence-corrected chi connectivity index (χ0v) is 13.1. The van der Waals surface area contributed by atoms with Crippen LogP contribution in [0.2, 0.25) is 0 Å². The summed E-state index contributed by atoms with van der Waals surface area (Å²) < 4.78 is 0. The van der Waals surface area contributed by atoms with E-state index in [1.54, 1.807) is 12.1 Å². The number of rotatable bonds is 8. The van der Waals surface area contributed by atoms with E-state index in [1.165, 1.54) is 0 Å². The molecule has 0 fully saturated rings. The maximum Gasteiger partial charge on any atom is 0.0606 e. The fourth-order valence-corrected chi connectivity index (χ4v) is 2.38. The number of anilines is 4. The van der Waals surface area contributed by atoms with Crippen molar-refractivity contribution in [2.75, 3.05) is 48.0 Å². The molecule has 0 aliphatic carbocycles. The smallest absolute Gasteiger partial charge is 0.0606 e. The van der Waals surface area contributed by atoms with Crippen molar-refractivity contribution < 1.29 is 10.2 Å². The van der Waals surface area contributed by atoms with Crippen LogP contribution in [0.5, 0.6) is 0 Å². The lowest BCUT2D eigenvalue weighted by Crippen LogP contribution is -2.29. The van der Waals surface area contributed by atoms with E-state index < -0.39 is 0 Å². The lowest BCUT2D eigenvalue weighted by atomic mass is 10.1. The van der Waals surface area contributed by atoms with Crippen LogP contribution in [0.15, 0.2) is 42.5 Å². The van der Waals surface area contributed by atoms with E-state index in [2.05, 4.69) is 5.32 Å². The Bertz CT molecular complexity index is 610. The molecule has 0 aliphatic heterocycles. The van der Waals surface area contributed by atoms with Gasteiger partial charge in [-0.3, -0.25) is 0 Å². The molecule has 23 heavy (non-hydrogen) atoms. The molecule has 0 atom stereocenters. The van der Waals surface area contributed by atoms with E-state index in [1.807, 2.05) is 35.2 Å². The summed E-state index contributed by atoms with van der Waals surface area (Å²) in [5.41, 5.74) is 16.0. The van der Waals surface area contributed by atoms with Crippen LogP contribution in [0.1, 0.15) is 5.56 Å². The molecule has 7 N–H and O–H groups in total. The standard InChI is InChI=1S/C17H24N4O2/c18-14-1-6-17(19)13(11-14)12-20-15-2-4-16(5-3-15)21(7-9-22)8-10-23/h1-6,11,20,22-23H,7-10,12,18-19H2. The molecule has 2 aromatic rings. The van der Waals surface area contributed by atoms with Gasteiger partial charge in [-0.05, 0) is 48.0 Å². The molecule has 0 saturated heterocycles. The van der Waals surface area contributed by atoms with Crippen molar-refractivity contribution in [1.29, 1.82) is 0 Å². The summed E-state index contributed by atoms with van der Waals surface area (Å²) in [6.45, 7) is 1.68. The summed E-state index contributed by atoms with van der Waals surface area (Å²) in [6, 6.07) is 13.3. The molecule has 0 spiro atoms. The Labute approximate surface area is 136 Å². The number of nitrogens with zero attached hydrogens (tertiary/aromatic N) is 1. The normalized spacial score (nSPS) is 10.5. The van der Waals surface area contributed by atoms with Crippen LogP contribution in [0.4, 0.5) is 22.7 Å². The fourth-order valence-electron chi connectivity index (χ4n) is 2.38. The van der Waals surface area contributed by atoms with E-state index in [9.17, 15) is 0 Å². The first-order valence-electron chi connectivity index (χ1n) is 7.58. The monoisotopic (exact) mass is 316 g/mol. The highest BCUT2D eigenvalue weighted by Crippen LogP contribution is 2.20. The van der Waals surface area contributed by atoms with E-state index in [4.69, 9.17) is 21.7 Å². The Hall–Kier alpha value is -2.44. The van der Waals surface area contributed by atoms with Crippen molar-refractivity contribution >= 4 is 22.7 Å². The Morgan fingerprint density at radius 1 is 0.913 bits per heavy atom. The second kappa shape index (κ2) is 8.26. The molecule has 0 heterocycles. The van der Waals surface area contributed by atoms with Gasteiger partial charge in [-0.25, -0.2) is 0 Å². The quantitative estimate of drug-likeness (QED) is 0.469. The second-order valence-corrected chi connectivity index (χ2v) is 5.29.